The molecule has 0 unspecified atom stereocenters. The number of carbonyl (C=O) groups is 5. The quantitative estimate of drug-likeness (QED) is 0.0491. The molecule has 67 heavy (non-hydrogen) atoms. The number of hydrogen-bond acceptors (Lipinski definition) is 12. The molecule has 0 radical (unpaired) electrons. The number of cyclic esters (lactones) is 1. The number of nitrogens with one attached hydrogen (secondary N) is 2. The molecule has 0 saturated carbocycles. The Bertz CT molecular complexity index is 2600. The molecule has 0 fully saturated rings. The largest absolute Gasteiger partial charge is 0.466 e. The third kappa shape index (κ3) is 10.5. The highest BCUT2D eigenvalue weighted by atomic mass is 28.3. The van der Waals surface area contributed by atoms with E-state index in [-0.39, 0.29) is 56.8 Å². The summed E-state index contributed by atoms with van der Waals surface area (Å²) in [6, 6.07) is 2.58. The summed E-state index contributed by atoms with van der Waals surface area (Å²) < 4.78 is 39.4. The van der Waals surface area contributed by atoms with Gasteiger partial charge in [0.05, 0.1) is 54.7 Å². The van der Waals surface area contributed by atoms with Gasteiger partial charge in [-0.1, -0.05) is 59.2 Å². The number of pyridine rings is 2. The van der Waals surface area contributed by atoms with Crippen LogP contribution in [0.1, 0.15) is 98.2 Å². The number of allylic oxidation sites excluding steroid dienone is 1. The maximum Gasteiger partial charge on any atom is 0.408 e. The molecule has 0 saturated heterocycles. The Morgan fingerprint density at radius 1 is 1.00 bits per heavy atom. The molecule has 18 heteroatoms. The van der Waals surface area contributed by atoms with Gasteiger partial charge < -0.3 is 39.3 Å². The standard InChI is InChI=1S/C49H65FN4O11Si2/c1-10-49(61)33-23-38-42-31(26-54(38)43(56)32(33)27-64-46(49)59)41-35(15-14-30-28(2)34(50)24-36(51-42)40(30)41)53-47(60)65-29-13-11-12-17-48(3,18-16-29)45(58)52-37(44(57)63-20-22-67(7,8)9)25-39(55)62-19-21-66(4,5)6/h11,13,23-24,29,35,37,61H,10,12,14-22,25-27H2,1-9H3,(H,52,58)(H,53,60)/b13-11+/t29-,35-,37-,48+,49-/m0/s1. The van der Waals surface area contributed by atoms with Crippen molar-refractivity contribution in [3.05, 3.63) is 73.8 Å². The number of hydrogen-bond donors (Lipinski definition) is 3. The number of rotatable bonds is 14. The highest BCUT2D eigenvalue weighted by molar-refractivity contribution is 6.76. The Labute approximate surface area is 392 Å². The Hall–Kier alpha value is -5.21. The van der Waals surface area contributed by atoms with E-state index in [0.29, 0.717) is 71.1 Å². The first kappa shape index (κ1) is 49.7. The van der Waals surface area contributed by atoms with Crippen LogP contribution in [0.5, 0.6) is 0 Å². The minimum Gasteiger partial charge on any atom is -0.466 e. The average molecular weight is 961 g/mol. The van der Waals surface area contributed by atoms with Crippen molar-refractivity contribution in [3.8, 4) is 11.4 Å². The van der Waals surface area contributed by atoms with Gasteiger partial charge in [-0.15, -0.1) is 0 Å². The van der Waals surface area contributed by atoms with Gasteiger partial charge in [-0.05, 0) is 92.8 Å². The summed E-state index contributed by atoms with van der Waals surface area (Å²) in [5, 5.41) is 18.0. The van der Waals surface area contributed by atoms with Crippen molar-refractivity contribution in [1.82, 2.24) is 20.2 Å². The lowest BCUT2D eigenvalue weighted by Gasteiger charge is -2.33. The van der Waals surface area contributed by atoms with E-state index in [1.54, 1.807) is 32.9 Å². The van der Waals surface area contributed by atoms with Crippen molar-refractivity contribution < 1.29 is 52.4 Å². The second-order valence-corrected chi connectivity index (χ2v) is 32.5. The number of nitrogens with zero attached hydrogens (tertiary/aromatic N) is 2. The van der Waals surface area contributed by atoms with Crippen LogP contribution < -0.4 is 16.2 Å². The molecule has 2 aliphatic heterocycles. The van der Waals surface area contributed by atoms with Crippen LogP contribution in [0.25, 0.3) is 22.3 Å². The number of aliphatic hydroxyl groups is 1. The van der Waals surface area contributed by atoms with E-state index in [1.165, 1.54) is 10.6 Å². The Balaban J connectivity index is 1.08. The third-order valence-electron chi connectivity index (χ3n) is 13.8. The number of aromatic nitrogens is 2. The molecular weight excluding hydrogens is 896 g/mol. The second-order valence-electron chi connectivity index (χ2n) is 21.3. The number of aryl methyl sites for hydroxylation is 1. The molecule has 0 bridgehead atoms. The minimum absolute atomic E-state index is 0.0253. The first-order valence-corrected chi connectivity index (χ1v) is 30.9. The molecule has 5 atom stereocenters. The van der Waals surface area contributed by atoms with Crippen LogP contribution in [0.4, 0.5) is 9.18 Å². The molecule has 7 rings (SSSR count). The molecule has 362 valence electrons. The summed E-state index contributed by atoms with van der Waals surface area (Å²) in [5.74, 6) is -2.98. The highest BCUT2D eigenvalue weighted by Gasteiger charge is 2.46. The molecule has 4 heterocycles. The first-order valence-electron chi connectivity index (χ1n) is 23.5. The van der Waals surface area contributed by atoms with Gasteiger partial charge in [0.2, 0.25) is 5.91 Å². The van der Waals surface area contributed by atoms with Gasteiger partial charge in [0.15, 0.2) is 5.60 Å². The Kier molecular flexibility index (Phi) is 14.1. The van der Waals surface area contributed by atoms with Crippen LogP contribution >= 0.6 is 0 Å². The third-order valence-corrected chi connectivity index (χ3v) is 17.3. The SMILES string of the molecule is CC[C@@]1(O)C(=O)OCc2c1cc1n(c2=O)Cc2c-1nc1cc(F)c(C)c3c1c2[C@@H](NC(=O)O[C@H]1/C=C/CC[C@@](C)(C(=O)N[C@@H](CC(=O)OCC[Si](C)(C)C)C(=O)OCC[Si](C)(C)C)CC1)CC3. The minimum atomic E-state index is -2.03. The van der Waals surface area contributed by atoms with Gasteiger partial charge in [0.1, 0.15) is 24.6 Å². The molecule has 2 aliphatic carbocycles. The van der Waals surface area contributed by atoms with Gasteiger partial charge in [0.25, 0.3) is 5.56 Å². The topological polar surface area (TPSA) is 201 Å². The summed E-state index contributed by atoms with van der Waals surface area (Å²) >= 11 is 0. The highest BCUT2D eigenvalue weighted by Crippen LogP contribution is 2.46. The molecule has 15 nitrogen and oxygen atoms in total. The van der Waals surface area contributed by atoms with E-state index in [2.05, 4.69) is 49.9 Å². The van der Waals surface area contributed by atoms with Crippen LogP contribution in [0.15, 0.2) is 29.1 Å². The van der Waals surface area contributed by atoms with Crippen molar-refractivity contribution in [1.29, 1.82) is 0 Å². The van der Waals surface area contributed by atoms with Crippen molar-refractivity contribution in [3.63, 3.8) is 0 Å². The molecule has 0 spiro atoms. The average Bonchev–Trinajstić information content (AvgIpc) is 3.61. The van der Waals surface area contributed by atoms with Crippen molar-refractivity contribution >= 4 is 57.0 Å². The molecule has 3 aromatic rings. The van der Waals surface area contributed by atoms with E-state index >= 15 is 4.39 Å². The van der Waals surface area contributed by atoms with Crippen LogP contribution in [-0.2, 0) is 63.3 Å². The monoisotopic (exact) mass is 960 g/mol. The van der Waals surface area contributed by atoms with Crippen molar-refractivity contribution in [2.75, 3.05) is 13.2 Å². The summed E-state index contributed by atoms with van der Waals surface area (Å²) in [4.78, 5) is 86.2. The number of esters is 3. The number of amides is 2. The van der Waals surface area contributed by atoms with Gasteiger partial charge in [-0.2, -0.15) is 0 Å². The van der Waals surface area contributed by atoms with Crippen LogP contribution in [0.2, 0.25) is 51.4 Å². The molecule has 2 amide bonds. The lowest BCUT2D eigenvalue weighted by molar-refractivity contribution is -0.172. The maximum atomic E-state index is 15.5. The van der Waals surface area contributed by atoms with E-state index < -0.39 is 86.6 Å². The van der Waals surface area contributed by atoms with E-state index in [0.717, 1.165) is 17.7 Å². The number of carbonyl (C=O) groups excluding carboxylic acids is 5. The number of fused-ring (bicyclic) bond motifs is 5. The fraction of sp³-hybridized carbons (Fsp3) is 0.571. The predicted molar refractivity (Wildman–Crippen MR) is 254 cm³/mol. The van der Waals surface area contributed by atoms with Gasteiger partial charge in [-0.25, -0.2) is 23.8 Å². The summed E-state index contributed by atoms with van der Waals surface area (Å²) in [6.07, 6.45) is 4.15. The Morgan fingerprint density at radius 3 is 2.39 bits per heavy atom. The van der Waals surface area contributed by atoms with Crippen LogP contribution in [-0.4, -0.2) is 86.1 Å². The zero-order chi connectivity index (χ0) is 48.8. The summed E-state index contributed by atoms with van der Waals surface area (Å²) in [7, 11) is -3.03. The van der Waals surface area contributed by atoms with Gasteiger partial charge in [0, 0.05) is 44.1 Å². The molecule has 3 N–H and O–H groups in total. The van der Waals surface area contributed by atoms with E-state index in [1.807, 2.05) is 6.08 Å². The molecule has 4 aliphatic rings. The zero-order valence-corrected chi connectivity index (χ0v) is 42.2. The predicted octanol–water partition coefficient (Wildman–Crippen LogP) is 7.38. The summed E-state index contributed by atoms with van der Waals surface area (Å²) in [5.41, 5.74) is 0.524. The smallest absolute Gasteiger partial charge is 0.408 e. The summed E-state index contributed by atoms with van der Waals surface area (Å²) in [6.45, 7) is 18.3. The molecular formula is C49H65FN4O11Si2. The fourth-order valence-corrected chi connectivity index (χ4v) is 10.9. The van der Waals surface area contributed by atoms with Crippen LogP contribution in [0.3, 0.4) is 0 Å². The number of ether oxygens (including phenoxy) is 4. The zero-order valence-electron chi connectivity index (χ0n) is 40.2. The van der Waals surface area contributed by atoms with E-state index in [4.69, 9.17) is 23.9 Å². The normalized spacial score (nSPS) is 23.1. The number of benzene rings is 1. The first-order chi connectivity index (χ1) is 31.4. The van der Waals surface area contributed by atoms with E-state index in [9.17, 15) is 33.9 Å². The van der Waals surface area contributed by atoms with Crippen LogP contribution in [0, 0.1) is 18.2 Å². The van der Waals surface area contributed by atoms with Crippen molar-refractivity contribution in [2.45, 2.75) is 160 Å². The Morgan fingerprint density at radius 2 is 1.70 bits per heavy atom. The number of halogens is 1. The lowest BCUT2D eigenvalue weighted by Crippen LogP contribution is -2.49. The molecule has 2 aromatic heterocycles. The number of alkyl carbamates (subject to hydrolysis) is 1. The van der Waals surface area contributed by atoms with Crippen molar-refractivity contribution in [2.24, 2.45) is 5.41 Å². The maximum absolute atomic E-state index is 15.5. The molecule has 1 aromatic carbocycles. The van der Waals surface area contributed by atoms with Gasteiger partial charge >= 0.3 is 24.0 Å². The lowest BCUT2D eigenvalue weighted by atomic mass is 9.77. The van der Waals surface area contributed by atoms with Gasteiger partial charge in [-0.3, -0.25) is 14.4 Å². The fourth-order valence-electron chi connectivity index (χ4n) is 9.45. The second kappa shape index (κ2) is 19.1.